The molecule has 1 aromatic heterocycles. The number of halogens is 1. The van der Waals surface area contributed by atoms with E-state index in [9.17, 15) is 9.50 Å². The van der Waals surface area contributed by atoms with Crippen LogP contribution in [0.5, 0.6) is 5.75 Å². The molecule has 72 valence electrons. The van der Waals surface area contributed by atoms with Gasteiger partial charge in [-0.15, -0.1) is 0 Å². The van der Waals surface area contributed by atoms with E-state index in [1.54, 1.807) is 13.8 Å². The molecule has 1 aromatic rings. The molecule has 1 rings (SSSR count). The molecule has 0 radical (unpaired) electrons. The van der Waals surface area contributed by atoms with Crippen LogP contribution < -0.4 is 4.74 Å². The highest BCUT2D eigenvalue weighted by molar-refractivity contribution is 5.16. The zero-order chi connectivity index (χ0) is 9.90. The summed E-state index contributed by atoms with van der Waals surface area (Å²) in [4.78, 5) is 3.60. The van der Waals surface area contributed by atoms with E-state index in [2.05, 4.69) is 4.98 Å². The normalized spacial score (nSPS) is 11.4. The minimum absolute atomic E-state index is 0.109. The highest BCUT2D eigenvalue weighted by atomic mass is 19.1. The predicted octanol–water partition coefficient (Wildman–Crippen LogP) is 1.37. The number of aromatic nitrogens is 1. The summed E-state index contributed by atoms with van der Waals surface area (Å²) in [6, 6.07) is 1.22. The Kier molecular flexibility index (Phi) is 2.83. The van der Waals surface area contributed by atoms with Crippen LogP contribution in [-0.4, -0.2) is 22.3 Å². The van der Waals surface area contributed by atoms with Crippen LogP contribution >= 0.6 is 0 Å². The van der Waals surface area contributed by atoms with Crippen LogP contribution in [0.15, 0.2) is 18.5 Å². The molecular formula is C9H12FNO2. The van der Waals surface area contributed by atoms with Gasteiger partial charge in [0.1, 0.15) is 18.2 Å². The number of hydrogen-bond donors (Lipinski definition) is 1. The van der Waals surface area contributed by atoms with Gasteiger partial charge in [0.2, 0.25) is 0 Å². The Hall–Kier alpha value is -1.16. The van der Waals surface area contributed by atoms with Gasteiger partial charge in [0, 0.05) is 6.07 Å². The lowest BCUT2D eigenvalue weighted by atomic mass is 10.2. The molecule has 0 aliphatic carbocycles. The van der Waals surface area contributed by atoms with E-state index >= 15 is 0 Å². The van der Waals surface area contributed by atoms with Crippen molar-refractivity contribution in [1.82, 2.24) is 4.98 Å². The average molecular weight is 185 g/mol. The second-order valence-electron chi connectivity index (χ2n) is 3.44. The molecule has 0 aromatic carbocycles. The fourth-order valence-corrected chi connectivity index (χ4v) is 0.731. The summed E-state index contributed by atoms with van der Waals surface area (Å²) in [6.45, 7) is 3.33. The van der Waals surface area contributed by atoms with E-state index in [0.717, 1.165) is 6.20 Å². The van der Waals surface area contributed by atoms with E-state index in [1.807, 2.05) is 0 Å². The van der Waals surface area contributed by atoms with Crippen LogP contribution in [0.3, 0.4) is 0 Å². The molecule has 0 atom stereocenters. The highest BCUT2D eigenvalue weighted by Gasteiger charge is 2.13. The second-order valence-corrected chi connectivity index (χ2v) is 3.44. The zero-order valence-corrected chi connectivity index (χ0v) is 7.62. The summed E-state index contributed by atoms with van der Waals surface area (Å²) in [6.07, 6.45) is 2.49. The van der Waals surface area contributed by atoms with Crippen molar-refractivity contribution < 1.29 is 14.2 Å². The third-order valence-corrected chi connectivity index (χ3v) is 1.27. The smallest absolute Gasteiger partial charge is 0.145 e. The van der Waals surface area contributed by atoms with Crippen molar-refractivity contribution in [1.29, 1.82) is 0 Å². The van der Waals surface area contributed by atoms with E-state index in [-0.39, 0.29) is 6.61 Å². The Labute approximate surface area is 76.2 Å². The van der Waals surface area contributed by atoms with E-state index in [1.165, 1.54) is 12.3 Å². The van der Waals surface area contributed by atoms with Gasteiger partial charge >= 0.3 is 0 Å². The first-order valence-electron chi connectivity index (χ1n) is 3.93. The van der Waals surface area contributed by atoms with Gasteiger partial charge in [-0.3, -0.25) is 4.98 Å². The lowest BCUT2D eigenvalue weighted by molar-refractivity contribution is 0.0282. The number of ether oxygens (including phenoxy) is 1. The minimum Gasteiger partial charge on any atom is -0.489 e. The molecule has 3 nitrogen and oxygen atoms in total. The van der Waals surface area contributed by atoms with Gasteiger partial charge in [-0.1, -0.05) is 0 Å². The van der Waals surface area contributed by atoms with Gasteiger partial charge in [0.25, 0.3) is 0 Å². The van der Waals surface area contributed by atoms with Gasteiger partial charge in [-0.25, -0.2) is 4.39 Å². The maximum atomic E-state index is 12.6. The second kappa shape index (κ2) is 3.70. The highest BCUT2D eigenvalue weighted by Crippen LogP contribution is 2.12. The largest absolute Gasteiger partial charge is 0.489 e. The molecule has 0 unspecified atom stereocenters. The summed E-state index contributed by atoms with van der Waals surface area (Å²) in [5, 5.41) is 9.31. The van der Waals surface area contributed by atoms with E-state index < -0.39 is 11.4 Å². The van der Waals surface area contributed by atoms with Crippen molar-refractivity contribution in [2.24, 2.45) is 0 Å². The van der Waals surface area contributed by atoms with Crippen molar-refractivity contribution >= 4 is 0 Å². The molecule has 0 saturated carbocycles. The van der Waals surface area contributed by atoms with Crippen LogP contribution in [-0.2, 0) is 0 Å². The van der Waals surface area contributed by atoms with Crippen LogP contribution in [0, 0.1) is 5.82 Å². The zero-order valence-electron chi connectivity index (χ0n) is 7.62. The molecule has 1 N–H and O–H groups in total. The molecule has 0 saturated heterocycles. The number of hydrogen-bond acceptors (Lipinski definition) is 3. The molecule has 13 heavy (non-hydrogen) atoms. The number of pyridine rings is 1. The van der Waals surface area contributed by atoms with Crippen LogP contribution in [0.4, 0.5) is 4.39 Å². The van der Waals surface area contributed by atoms with Gasteiger partial charge in [0.15, 0.2) is 0 Å². The Bertz CT molecular complexity index is 283. The fraction of sp³-hybridized carbons (Fsp3) is 0.444. The van der Waals surface area contributed by atoms with Gasteiger partial charge in [0.05, 0.1) is 18.0 Å². The molecular weight excluding hydrogens is 173 g/mol. The monoisotopic (exact) mass is 185 g/mol. The van der Waals surface area contributed by atoms with Crippen LogP contribution in [0.25, 0.3) is 0 Å². The summed E-state index contributed by atoms with van der Waals surface area (Å²) < 4.78 is 17.7. The van der Waals surface area contributed by atoms with Gasteiger partial charge in [-0.2, -0.15) is 0 Å². The number of aliphatic hydroxyl groups is 1. The van der Waals surface area contributed by atoms with Crippen molar-refractivity contribution in [3.05, 3.63) is 24.3 Å². The Morgan fingerprint density at radius 3 is 2.77 bits per heavy atom. The van der Waals surface area contributed by atoms with Gasteiger partial charge in [-0.05, 0) is 13.8 Å². The SMILES string of the molecule is CC(C)(O)COc1cncc(F)c1. The minimum atomic E-state index is -0.924. The van der Waals surface area contributed by atoms with E-state index in [4.69, 9.17) is 4.74 Å². The standard InChI is InChI=1S/C9H12FNO2/c1-9(2,12)6-13-8-3-7(10)4-11-5-8/h3-5,12H,6H2,1-2H3. The average Bonchev–Trinajstić information content (AvgIpc) is 2.00. The van der Waals surface area contributed by atoms with Crippen molar-refractivity contribution in [2.75, 3.05) is 6.61 Å². The molecule has 4 heteroatoms. The number of nitrogens with zero attached hydrogens (tertiary/aromatic N) is 1. The van der Waals surface area contributed by atoms with Crippen LogP contribution in [0.2, 0.25) is 0 Å². The summed E-state index contributed by atoms with van der Waals surface area (Å²) in [7, 11) is 0. The molecule has 0 spiro atoms. The Morgan fingerprint density at radius 1 is 1.54 bits per heavy atom. The topological polar surface area (TPSA) is 42.4 Å². The summed E-state index contributed by atoms with van der Waals surface area (Å²) in [5.41, 5.74) is -0.924. The van der Waals surface area contributed by atoms with Crippen molar-refractivity contribution in [3.8, 4) is 5.75 Å². The molecule has 0 aliphatic heterocycles. The first kappa shape index (κ1) is 9.92. The number of rotatable bonds is 3. The van der Waals surface area contributed by atoms with Crippen LogP contribution in [0.1, 0.15) is 13.8 Å². The summed E-state index contributed by atoms with van der Waals surface area (Å²) >= 11 is 0. The van der Waals surface area contributed by atoms with Crippen molar-refractivity contribution in [3.63, 3.8) is 0 Å². The Balaban J connectivity index is 2.55. The Morgan fingerprint density at radius 2 is 2.23 bits per heavy atom. The molecule has 0 bridgehead atoms. The fourth-order valence-electron chi connectivity index (χ4n) is 0.731. The lowest BCUT2D eigenvalue weighted by Crippen LogP contribution is -2.27. The van der Waals surface area contributed by atoms with Crippen molar-refractivity contribution in [2.45, 2.75) is 19.4 Å². The maximum absolute atomic E-state index is 12.6. The molecule has 0 amide bonds. The molecule has 0 fully saturated rings. The third kappa shape index (κ3) is 3.85. The first-order chi connectivity index (χ1) is 5.97. The molecule has 0 aliphatic rings. The maximum Gasteiger partial charge on any atom is 0.145 e. The van der Waals surface area contributed by atoms with E-state index in [0.29, 0.717) is 5.75 Å². The third-order valence-electron chi connectivity index (χ3n) is 1.27. The molecule has 1 heterocycles. The lowest BCUT2D eigenvalue weighted by Gasteiger charge is -2.17. The predicted molar refractivity (Wildman–Crippen MR) is 46.0 cm³/mol. The summed E-state index contributed by atoms with van der Waals surface area (Å²) in [5.74, 6) is -0.129. The quantitative estimate of drug-likeness (QED) is 0.773. The first-order valence-corrected chi connectivity index (χ1v) is 3.93. The van der Waals surface area contributed by atoms with Gasteiger partial charge < -0.3 is 9.84 Å².